The Morgan fingerprint density at radius 1 is 1.39 bits per heavy atom. The van der Waals surface area contributed by atoms with E-state index >= 15 is 0 Å². The number of likely N-dealkylation sites (tertiary alicyclic amines) is 1. The number of fused-ring (bicyclic) bond motifs is 1. The maximum absolute atomic E-state index is 12.5. The number of nitrogens with zero attached hydrogens (tertiary/aromatic N) is 3. The van der Waals surface area contributed by atoms with Gasteiger partial charge in [-0.2, -0.15) is 0 Å². The van der Waals surface area contributed by atoms with E-state index in [1.165, 1.54) is 13.2 Å². The summed E-state index contributed by atoms with van der Waals surface area (Å²) in [5, 5.41) is 3.69. The normalized spacial score (nSPS) is 26.0. The molecule has 23 heavy (non-hydrogen) atoms. The van der Waals surface area contributed by atoms with Crippen LogP contribution in [0.4, 0.5) is 0 Å². The second-order valence-corrected chi connectivity index (χ2v) is 6.53. The van der Waals surface area contributed by atoms with E-state index in [1.54, 1.807) is 4.90 Å². The molecule has 3 rings (SSSR count). The van der Waals surface area contributed by atoms with E-state index in [2.05, 4.69) is 23.9 Å². The van der Waals surface area contributed by atoms with Crippen molar-refractivity contribution in [3.05, 3.63) is 11.8 Å². The quantitative estimate of drug-likeness (QED) is 0.834. The van der Waals surface area contributed by atoms with E-state index in [4.69, 9.17) is 14.0 Å². The number of rotatable bonds is 3. The van der Waals surface area contributed by atoms with E-state index in [0.717, 1.165) is 32.7 Å². The Morgan fingerprint density at radius 2 is 2.22 bits per heavy atom. The molecule has 2 unspecified atom stereocenters. The highest BCUT2D eigenvalue weighted by atomic mass is 16.5. The first-order valence-corrected chi connectivity index (χ1v) is 8.24. The van der Waals surface area contributed by atoms with Gasteiger partial charge in [-0.25, -0.2) is 0 Å². The smallest absolute Gasteiger partial charge is 0.292 e. The summed E-state index contributed by atoms with van der Waals surface area (Å²) in [5.74, 6) is 0.875. The van der Waals surface area contributed by atoms with Gasteiger partial charge in [0.1, 0.15) is 0 Å². The number of aromatic nitrogens is 1. The molecule has 7 heteroatoms. The second-order valence-electron chi connectivity index (χ2n) is 6.53. The molecule has 0 N–H and O–H groups in total. The summed E-state index contributed by atoms with van der Waals surface area (Å²) in [4.78, 5) is 16.8. The van der Waals surface area contributed by atoms with Gasteiger partial charge in [0.05, 0.1) is 25.9 Å². The minimum absolute atomic E-state index is 0.0984. The topological polar surface area (TPSA) is 68.0 Å². The third-order valence-corrected chi connectivity index (χ3v) is 4.80. The van der Waals surface area contributed by atoms with Crippen LogP contribution in [-0.4, -0.2) is 72.9 Å². The molecule has 0 radical (unpaired) electrons. The molecule has 0 spiro atoms. The van der Waals surface area contributed by atoms with Gasteiger partial charge in [0.15, 0.2) is 0 Å². The molecule has 1 aromatic rings. The summed E-state index contributed by atoms with van der Waals surface area (Å²) in [5.41, 5.74) is 0. The van der Waals surface area contributed by atoms with E-state index in [1.807, 2.05) is 0 Å². The van der Waals surface area contributed by atoms with Gasteiger partial charge in [-0.1, -0.05) is 0 Å². The average molecular weight is 323 g/mol. The summed E-state index contributed by atoms with van der Waals surface area (Å²) in [7, 11) is 1.50. The molecular weight excluding hydrogens is 298 g/mol. The van der Waals surface area contributed by atoms with Gasteiger partial charge in [0.25, 0.3) is 11.8 Å². The Kier molecular flexibility index (Phi) is 4.87. The fourth-order valence-electron chi connectivity index (χ4n) is 3.34. The first-order chi connectivity index (χ1) is 11.1. The van der Waals surface area contributed by atoms with E-state index in [-0.39, 0.29) is 17.8 Å². The van der Waals surface area contributed by atoms with Crippen LogP contribution in [0.15, 0.2) is 10.6 Å². The van der Waals surface area contributed by atoms with Crippen molar-refractivity contribution >= 4 is 5.91 Å². The van der Waals surface area contributed by atoms with Gasteiger partial charge in [0, 0.05) is 38.1 Å². The third kappa shape index (κ3) is 3.50. The lowest BCUT2D eigenvalue weighted by Crippen LogP contribution is -2.49. The number of amides is 1. The number of carbonyl (C=O) groups excluding carboxylic acids is 1. The number of hydrogen-bond acceptors (Lipinski definition) is 6. The molecule has 0 aromatic carbocycles. The van der Waals surface area contributed by atoms with Crippen LogP contribution in [-0.2, 0) is 4.74 Å². The van der Waals surface area contributed by atoms with Crippen molar-refractivity contribution in [1.29, 1.82) is 0 Å². The van der Waals surface area contributed by atoms with Crippen LogP contribution in [0, 0.1) is 5.92 Å². The second kappa shape index (κ2) is 6.88. The van der Waals surface area contributed by atoms with Crippen molar-refractivity contribution in [3.8, 4) is 5.88 Å². The molecule has 2 atom stereocenters. The standard InChI is InChI=1S/C16H25N3O4/c1-11(2)18-6-7-22-14-10-19(5-4-12(14)9-18)16(20)13-8-15(21-3)17-23-13/h8,11-12,14H,4-7,9-10H2,1-3H3. The number of hydrogen-bond donors (Lipinski definition) is 0. The monoisotopic (exact) mass is 323 g/mol. The summed E-state index contributed by atoms with van der Waals surface area (Å²) >= 11 is 0. The van der Waals surface area contributed by atoms with Crippen molar-refractivity contribution in [2.45, 2.75) is 32.4 Å². The van der Waals surface area contributed by atoms with Crippen LogP contribution >= 0.6 is 0 Å². The Balaban J connectivity index is 1.64. The van der Waals surface area contributed by atoms with Crippen LogP contribution in [0.2, 0.25) is 0 Å². The summed E-state index contributed by atoms with van der Waals surface area (Å²) < 4.78 is 16.1. The molecule has 3 heterocycles. The third-order valence-electron chi connectivity index (χ3n) is 4.80. The molecule has 2 aliphatic rings. The Bertz CT molecular complexity index is 545. The first-order valence-electron chi connectivity index (χ1n) is 8.24. The van der Waals surface area contributed by atoms with Crippen LogP contribution in [0.3, 0.4) is 0 Å². The lowest BCUT2D eigenvalue weighted by molar-refractivity contribution is -0.0181. The van der Waals surface area contributed by atoms with Crippen molar-refractivity contribution < 1.29 is 18.8 Å². The molecule has 2 saturated heterocycles. The predicted molar refractivity (Wildman–Crippen MR) is 83.5 cm³/mol. The maximum Gasteiger partial charge on any atom is 0.292 e. The first kappa shape index (κ1) is 16.3. The lowest BCUT2D eigenvalue weighted by atomic mass is 9.93. The SMILES string of the molecule is COc1cc(C(=O)N2CCC3CN(C(C)C)CCOC3C2)on1. The number of carbonyl (C=O) groups is 1. The van der Waals surface area contributed by atoms with Crippen LogP contribution in [0.1, 0.15) is 30.8 Å². The predicted octanol–water partition coefficient (Wildman–Crippen LogP) is 1.25. The molecule has 0 bridgehead atoms. The molecule has 7 nitrogen and oxygen atoms in total. The maximum atomic E-state index is 12.5. The number of piperidine rings is 1. The van der Waals surface area contributed by atoms with Gasteiger partial charge >= 0.3 is 0 Å². The molecular formula is C16H25N3O4. The van der Waals surface area contributed by atoms with Crippen molar-refractivity contribution in [1.82, 2.24) is 15.0 Å². The van der Waals surface area contributed by atoms with Gasteiger partial charge in [0.2, 0.25) is 5.76 Å². The van der Waals surface area contributed by atoms with Crippen LogP contribution in [0.25, 0.3) is 0 Å². The molecule has 2 aliphatic heterocycles. The summed E-state index contributed by atoms with van der Waals surface area (Å²) in [6.45, 7) is 8.49. The Labute approximate surface area is 136 Å². The van der Waals surface area contributed by atoms with Crippen molar-refractivity contribution in [2.24, 2.45) is 5.92 Å². The van der Waals surface area contributed by atoms with Crippen molar-refractivity contribution in [3.63, 3.8) is 0 Å². The lowest BCUT2D eigenvalue weighted by Gasteiger charge is -2.38. The number of methoxy groups -OCH3 is 1. The van der Waals surface area contributed by atoms with Gasteiger partial charge in [-0.05, 0) is 25.4 Å². The van der Waals surface area contributed by atoms with Crippen LogP contribution in [0.5, 0.6) is 5.88 Å². The molecule has 1 aromatic heterocycles. The van der Waals surface area contributed by atoms with E-state index < -0.39 is 0 Å². The van der Waals surface area contributed by atoms with Crippen molar-refractivity contribution in [2.75, 3.05) is 39.9 Å². The van der Waals surface area contributed by atoms with E-state index in [0.29, 0.717) is 24.4 Å². The molecule has 128 valence electrons. The summed E-state index contributed by atoms with van der Waals surface area (Å²) in [6.07, 6.45) is 1.05. The molecule has 1 amide bonds. The largest absolute Gasteiger partial charge is 0.479 e. The fraction of sp³-hybridized carbons (Fsp3) is 0.750. The zero-order valence-corrected chi connectivity index (χ0v) is 14.0. The minimum atomic E-state index is -0.146. The fourth-order valence-corrected chi connectivity index (χ4v) is 3.34. The van der Waals surface area contributed by atoms with Gasteiger partial charge < -0.3 is 18.9 Å². The molecule has 0 saturated carbocycles. The zero-order chi connectivity index (χ0) is 16.4. The number of ether oxygens (including phenoxy) is 2. The Morgan fingerprint density at radius 3 is 2.91 bits per heavy atom. The molecule has 2 fully saturated rings. The summed E-state index contributed by atoms with van der Waals surface area (Å²) in [6, 6.07) is 2.06. The highest BCUT2D eigenvalue weighted by Crippen LogP contribution is 2.26. The molecule has 0 aliphatic carbocycles. The van der Waals surface area contributed by atoms with E-state index in [9.17, 15) is 4.79 Å². The Hall–Kier alpha value is -1.60. The zero-order valence-electron chi connectivity index (χ0n) is 14.0. The van der Waals surface area contributed by atoms with Crippen LogP contribution < -0.4 is 4.74 Å². The average Bonchev–Trinajstić information content (AvgIpc) is 2.92. The highest BCUT2D eigenvalue weighted by molar-refractivity contribution is 5.91. The van der Waals surface area contributed by atoms with Gasteiger partial charge in [-0.15, -0.1) is 0 Å². The minimum Gasteiger partial charge on any atom is -0.479 e. The highest BCUT2D eigenvalue weighted by Gasteiger charge is 2.36. The van der Waals surface area contributed by atoms with Gasteiger partial charge in [-0.3, -0.25) is 9.69 Å².